The Morgan fingerprint density at radius 2 is 1.88 bits per heavy atom. The van der Waals surface area contributed by atoms with Crippen molar-refractivity contribution in [3.05, 3.63) is 35.9 Å². The predicted octanol–water partition coefficient (Wildman–Crippen LogP) is 1.97. The first-order valence-corrected chi connectivity index (χ1v) is 5.64. The first-order chi connectivity index (χ1) is 8.06. The fourth-order valence-corrected chi connectivity index (χ4v) is 1.61. The molecule has 4 nitrogen and oxygen atoms in total. The lowest BCUT2D eigenvalue weighted by molar-refractivity contribution is -0.147. The van der Waals surface area contributed by atoms with Crippen LogP contribution in [0.15, 0.2) is 30.3 Å². The molecular formula is C13H17NO3. The number of benzene rings is 1. The molecule has 0 unspecified atom stereocenters. The molecule has 0 aliphatic heterocycles. The van der Waals surface area contributed by atoms with Crippen LogP contribution in [0.1, 0.15) is 31.9 Å². The molecule has 17 heavy (non-hydrogen) atoms. The zero-order valence-electron chi connectivity index (χ0n) is 10.0. The van der Waals surface area contributed by atoms with E-state index < -0.39 is 17.8 Å². The fraction of sp³-hybridized carbons (Fsp3) is 0.385. The lowest BCUT2D eigenvalue weighted by Crippen LogP contribution is -2.36. The highest BCUT2D eigenvalue weighted by Crippen LogP contribution is 2.13. The van der Waals surface area contributed by atoms with Crippen molar-refractivity contribution >= 4 is 11.9 Å². The molecule has 1 amide bonds. The maximum Gasteiger partial charge on any atom is 0.316 e. The molecule has 0 saturated heterocycles. The van der Waals surface area contributed by atoms with Gasteiger partial charge in [-0.1, -0.05) is 37.3 Å². The Bertz CT molecular complexity index is 389. The molecule has 0 aromatic heterocycles. The number of carboxylic acids is 1. The number of carboxylic acid groups (broad SMARTS) is 1. The molecule has 0 spiro atoms. The summed E-state index contributed by atoms with van der Waals surface area (Å²) in [6.07, 6.45) is 0.294. The third-order valence-corrected chi connectivity index (χ3v) is 2.68. The van der Waals surface area contributed by atoms with E-state index >= 15 is 0 Å². The van der Waals surface area contributed by atoms with Gasteiger partial charge >= 0.3 is 5.97 Å². The van der Waals surface area contributed by atoms with Gasteiger partial charge in [-0.2, -0.15) is 0 Å². The van der Waals surface area contributed by atoms with Gasteiger partial charge in [0.1, 0.15) is 5.92 Å². The maximum atomic E-state index is 11.7. The minimum absolute atomic E-state index is 0.183. The maximum absolute atomic E-state index is 11.7. The van der Waals surface area contributed by atoms with E-state index in [1.54, 1.807) is 6.92 Å². The molecule has 2 N–H and O–H groups in total. The van der Waals surface area contributed by atoms with Crippen LogP contribution in [0.5, 0.6) is 0 Å². The standard InChI is InChI=1S/C13H17NO3/c1-3-11(13(16)17)12(15)14-9(2)10-7-5-4-6-8-10/h4-9,11H,3H2,1-2H3,(H,14,15)(H,16,17)/t9-,11+/m1/s1. The minimum Gasteiger partial charge on any atom is -0.481 e. The van der Waals surface area contributed by atoms with Crippen molar-refractivity contribution in [2.45, 2.75) is 26.3 Å². The van der Waals surface area contributed by atoms with Crippen LogP contribution < -0.4 is 5.32 Å². The Hall–Kier alpha value is -1.84. The number of amides is 1. The van der Waals surface area contributed by atoms with Gasteiger partial charge in [-0.25, -0.2) is 0 Å². The largest absolute Gasteiger partial charge is 0.481 e. The molecule has 0 fully saturated rings. The zero-order chi connectivity index (χ0) is 12.8. The number of aliphatic carboxylic acids is 1. The van der Waals surface area contributed by atoms with Crippen molar-refractivity contribution in [2.75, 3.05) is 0 Å². The normalized spacial score (nSPS) is 13.8. The summed E-state index contributed by atoms with van der Waals surface area (Å²) in [5.41, 5.74) is 0.959. The summed E-state index contributed by atoms with van der Waals surface area (Å²) in [7, 11) is 0. The summed E-state index contributed by atoms with van der Waals surface area (Å²) in [6, 6.07) is 9.26. The van der Waals surface area contributed by atoms with Crippen molar-refractivity contribution in [1.29, 1.82) is 0 Å². The second-order valence-corrected chi connectivity index (χ2v) is 3.94. The summed E-state index contributed by atoms with van der Waals surface area (Å²) < 4.78 is 0. The van der Waals surface area contributed by atoms with Crippen LogP contribution in [0.2, 0.25) is 0 Å². The van der Waals surface area contributed by atoms with Gasteiger partial charge in [0.05, 0.1) is 6.04 Å². The van der Waals surface area contributed by atoms with Crippen LogP contribution in [0.25, 0.3) is 0 Å². The van der Waals surface area contributed by atoms with Gasteiger partial charge in [-0.3, -0.25) is 9.59 Å². The lowest BCUT2D eigenvalue weighted by Gasteiger charge is -2.17. The number of rotatable bonds is 5. The molecule has 0 bridgehead atoms. The molecule has 4 heteroatoms. The van der Waals surface area contributed by atoms with Gasteiger partial charge in [0.15, 0.2) is 0 Å². The Kier molecular flexibility index (Phi) is 4.69. The van der Waals surface area contributed by atoms with Crippen molar-refractivity contribution in [1.82, 2.24) is 5.32 Å². The van der Waals surface area contributed by atoms with Crippen molar-refractivity contribution in [2.24, 2.45) is 5.92 Å². The number of nitrogens with one attached hydrogen (secondary N) is 1. The Balaban J connectivity index is 2.66. The number of carbonyl (C=O) groups is 2. The molecule has 0 aliphatic rings. The second-order valence-electron chi connectivity index (χ2n) is 3.94. The minimum atomic E-state index is -1.08. The SMILES string of the molecule is CC[C@H](C(=O)O)C(=O)N[C@H](C)c1ccccc1. The highest BCUT2D eigenvalue weighted by Gasteiger charge is 2.25. The number of hydrogen-bond acceptors (Lipinski definition) is 2. The molecule has 0 radical (unpaired) electrons. The smallest absolute Gasteiger partial charge is 0.316 e. The fourth-order valence-electron chi connectivity index (χ4n) is 1.61. The lowest BCUT2D eigenvalue weighted by atomic mass is 10.0. The third kappa shape index (κ3) is 3.59. The monoisotopic (exact) mass is 235 g/mol. The number of hydrogen-bond donors (Lipinski definition) is 2. The van der Waals surface area contributed by atoms with Crippen LogP contribution in [0, 0.1) is 5.92 Å². The summed E-state index contributed by atoms with van der Waals surface area (Å²) in [5, 5.41) is 11.6. The van der Waals surface area contributed by atoms with Gasteiger partial charge in [0, 0.05) is 0 Å². The van der Waals surface area contributed by atoms with Crippen LogP contribution in [0.4, 0.5) is 0 Å². The van der Waals surface area contributed by atoms with Crippen LogP contribution in [0.3, 0.4) is 0 Å². The van der Waals surface area contributed by atoms with Gasteiger partial charge in [0.25, 0.3) is 0 Å². The van der Waals surface area contributed by atoms with Gasteiger partial charge in [0.2, 0.25) is 5.91 Å². The van der Waals surface area contributed by atoms with Gasteiger partial charge in [-0.05, 0) is 18.9 Å². The summed E-state index contributed by atoms with van der Waals surface area (Å²) in [4.78, 5) is 22.5. The summed E-state index contributed by atoms with van der Waals surface area (Å²) in [5.74, 6) is -2.48. The highest BCUT2D eigenvalue weighted by atomic mass is 16.4. The van der Waals surface area contributed by atoms with E-state index in [-0.39, 0.29) is 6.04 Å². The van der Waals surface area contributed by atoms with Crippen molar-refractivity contribution in [3.63, 3.8) is 0 Å². The van der Waals surface area contributed by atoms with E-state index in [4.69, 9.17) is 5.11 Å². The van der Waals surface area contributed by atoms with E-state index in [9.17, 15) is 9.59 Å². The van der Waals surface area contributed by atoms with Crippen LogP contribution in [-0.4, -0.2) is 17.0 Å². The average molecular weight is 235 g/mol. The van der Waals surface area contributed by atoms with Crippen LogP contribution in [-0.2, 0) is 9.59 Å². The summed E-state index contributed by atoms with van der Waals surface area (Å²) in [6.45, 7) is 3.52. The molecule has 0 aliphatic carbocycles. The Morgan fingerprint density at radius 1 is 1.29 bits per heavy atom. The molecule has 1 aromatic rings. The molecule has 92 valence electrons. The highest BCUT2D eigenvalue weighted by molar-refractivity contribution is 5.96. The van der Waals surface area contributed by atoms with E-state index in [1.165, 1.54) is 0 Å². The molecule has 1 aromatic carbocycles. The second kappa shape index (κ2) is 6.03. The van der Waals surface area contributed by atoms with Crippen molar-refractivity contribution in [3.8, 4) is 0 Å². The summed E-state index contributed by atoms with van der Waals surface area (Å²) >= 11 is 0. The Morgan fingerprint density at radius 3 is 2.35 bits per heavy atom. The topological polar surface area (TPSA) is 66.4 Å². The molecule has 2 atom stereocenters. The van der Waals surface area contributed by atoms with E-state index in [1.807, 2.05) is 37.3 Å². The zero-order valence-corrected chi connectivity index (χ0v) is 10.0. The predicted molar refractivity (Wildman–Crippen MR) is 64.4 cm³/mol. The molecule has 0 saturated carbocycles. The van der Waals surface area contributed by atoms with Crippen molar-refractivity contribution < 1.29 is 14.7 Å². The molecule has 0 heterocycles. The van der Waals surface area contributed by atoms with E-state index in [0.29, 0.717) is 6.42 Å². The first-order valence-electron chi connectivity index (χ1n) is 5.64. The third-order valence-electron chi connectivity index (χ3n) is 2.68. The molecular weight excluding hydrogens is 218 g/mol. The van der Waals surface area contributed by atoms with Gasteiger partial charge in [-0.15, -0.1) is 0 Å². The van der Waals surface area contributed by atoms with Gasteiger partial charge < -0.3 is 10.4 Å². The van der Waals surface area contributed by atoms with E-state index in [0.717, 1.165) is 5.56 Å². The first kappa shape index (κ1) is 13.2. The van der Waals surface area contributed by atoms with Crippen LogP contribution >= 0.6 is 0 Å². The number of carbonyl (C=O) groups excluding carboxylic acids is 1. The quantitative estimate of drug-likeness (QED) is 0.767. The van der Waals surface area contributed by atoms with E-state index in [2.05, 4.69) is 5.32 Å². The average Bonchev–Trinajstić information content (AvgIpc) is 2.30. The Labute approximate surface area is 101 Å². The molecule has 1 rings (SSSR count).